The van der Waals surface area contributed by atoms with Crippen molar-refractivity contribution in [3.05, 3.63) is 47.7 Å². The minimum absolute atomic E-state index is 0.159. The van der Waals surface area contributed by atoms with Gasteiger partial charge in [0.1, 0.15) is 0 Å². The monoisotopic (exact) mass is 415 g/mol. The van der Waals surface area contributed by atoms with Gasteiger partial charge in [-0.25, -0.2) is 0 Å². The van der Waals surface area contributed by atoms with Crippen molar-refractivity contribution in [3.63, 3.8) is 0 Å². The summed E-state index contributed by atoms with van der Waals surface area (Å²) in [6.07, 6.45) is 6.55. The molecule has 0 aliphatic carbocycles. The van der Waals surface area contributed by atoms with Gasteiger partial charge in [-0.2, -0.15) is 16.8 Å². The van der Waals surface area contributed by atoms with Gasteiger partial charge < -0.3 is 4.90 Å². The highest BCUT2D eigenvalue weighted by Gasteiger charge is 2.40. The highest BCUT2D eigenvalue weighted by atomic mass is 32.2. The fraction of sp³-hybridized carbons (Fsp3) is 0.444. The smallest absolute Gasteiger partial charge is 0.294 e. The van der Waals surface area contributed by atoms with Crippen molar-refractivity contribution in [2.75, 3.05) is 17.2 Å². The summed E-state index contributed by atoms with van der Waals surface area (Å²) in [5.41, 5.74) is 2.02. The summed E-state index contributed by atoms with van der Waals surface area (Å²) in [5, 5.41) is 0. The average Bonchev–Trinajstić information content (AvgIpc) is 2.75. The molecule has 0 radical (unpaired) electrons. The second-order valence-electron chi connectivity index (χ2n) is 7.00. The average molecular weight is 416 g/mol. The van der Waals surface area contributed by atoms with Gasteiger partial charge in [0.2, 0.25) is 0 Å². The van der Waals surface area contributed by atoms with Crippen molar-refractivity contribution in [2.45, 2.75) is 43.9 Å². The van der Waals surface area contributed by atoms with E-state index in [0.717, 1.165) is 16.9 Å². The molecule has 0 bridgehead atoms. The van der Waals surface area contributed by atoms with Crippen LogP contribution >= 0.6 is 0 Å². The van der Waals surface area contributed by atoms with Gasteiger partial charge in [0.05, 0.1) is 10.6 Å². The second-order valence-corrected chi connectivity index (χ2v) is 10.00. The summed E-state index contributed by atoms with van der Waals surface area (Å²) < 4.78 is 63.1. The van der Waals surface area contributed by atoms with Gasteiger partial charge in [0, 0.05) is 23.3 Å². The lowest BCUT2D eigenvalue weighted by Gasteiger charge is -2.27. The van der Waals surface area contributed by atoms with Crippen molar-refractivity contribution in [2.24, 2.45) is 0 Å². The quantitative estimate of drug-likeness (QED) is 0.519. The normalized spacial score (nSPS) is 18.4. The van der Waals surface area contributed by atoms with E-state index in [2.05, 4.69) is 0 Å². The van der Waals surface area contributed by atoms with E-state index < -0.39 is 25.7 Å². The number of hydrogen-bond donors (Lipinski definition) is 2. The first kappa shape index (κ1) is 21.6. The zero-order valence-electron chi connectivity index (χ0n) is 15.6. The predicted molar refractivity (Wildman–Crippen MR) is 105 cm³/mol. The maximum Gasteiger partial charge on any atom is 0.294 e. The third kappa shape index (κ3) is 4.98. The van der Waals surface area contributed by atoms with Gasteiger partial charge in [0.15, 0.2) is 0 Å². The van der Waals surface area contributed by atoms with Crippen LogP contribution in [0.15, 0.2) is 47.0 Å². The summed E-state index contributed by atoms with van der Waals surface area (Å²) in [6, 6.07) is 4.49. The van der Waals surface area contributed by atoms with E-state index >= 15 is 0 Å². The van der Waals surface area contributed by atoms with Crippen LogP contribution in [0.3, 0.4) is 0 Å². The molecule has 1 aromatic rings. The number of nitrogens with zero attached hydrogens (tertiary/aromatic N) is 1. The lowest BCUT2D eigenvalue weighted by Crippen LogP contribution is -2.27. The van der Waals surface area contributed by atoms with Crippen molar-refractivity contribution >= 4 is 25.9 Å². The summed E-state index contributed by atoms with van der Waals surface area (Å²) in [7, 11) is -8.30. The maximum absolute atomic E-state index is 11.5. The van der Waals surface area contributed by atoms with Crippen LogP contribution in [0.4, 0.5) is 5.69 Å². The molecule has 27 heavy (non-hydrogen) atoms. The molecule has 0 atom stereocenters. The second kappa shape index (κ2) is 7.75. The topological polar surface area (TPSA) is 112 Å². The number of benzene rings is 1. The number of anilines is 1. The van der Waals surface area contributed by atoms with Gasteiger partial charge in [0.25, 0.3) is 20.2 Å². The number of fused-ring (bicyclic) bond motifs is 1. The third-order valence-corrected chi connectivity index (χ3v) is 6.30. The van der Waals surface area contributed by atoms with E-state index in [1.807, 2.05) is 43.9 Å². The van der Waals surface area contributed by atoms with Gasteiger partial charge in [-0.05, 0) is 49.6 Å². The number of hydrogen-bond acceptors (Lipinski definition) is 5. The van der Waals surface area contributed by atoms with Crippen molar-refractivity contribution in [3.8, 4) is 0 Å². The van der Waals surface area contributed by atoms with Crippen LogP contribution in [0.5, 0.6) is 0 Å². The number of rotatable bonds is 7. The van der Waals surface area contributed by atoms with Crippen LogP contribution in [0.2, 0.25) is 0 Å². The van der Waals surface area contributed by atoms with Crippen LogP contribution in [0, 0.1) is 0 Å². The van der Waals surface area contributed by atoms with Crippen molar-refractivity contribution in [1.82, 2.24) is 0 Å². The summed E-state index contributed by atoms with van der Waals surface area (Å²) in [5.74, 6) is -0.299. The van der Waals surface area contributed by atoms with E-state index in [4.69, 9.17) is 4.55 Å². The molecule has 1 aliphatic heterocycles. The molecule has 1 heterocycles. The van der Waals surface area contributed by atoms with Gasteiger partial charge >= 0.3 is 0 Å². The van der Waals surface area contributed by atoms with Crippen LogP contribution in [0.1, 0.15) is 39.2 Å². The summed E-state index contributed by atoms with van der Waals surface area (Å²) in [6.45, 7) is 6.33. The molecular formula is C18H25NO6S2. The van der Waals surface area contributed by atoms with E-state index in [1.54, 1.807) is 6.07 Å². The predicted octanol–water partition coefficient (Wildman–Crippen LogP) is 3.16. The highest BCUT2D eigenvalue weighted by molar-refractivity contribution is 7.86. The molecule has 0 unspecified atom stereocenters. The van der Waals surface area contributed by atoms with E-state index in [-0.39, 0.29) is 10.6 Å². The third-order valence-electron chi connectivity index (χ3n) is 4.64. The minimum Gasteiger partial charge on any atom is -0.344 e. The summed E-state index contributed by atoms with van der Waals surface area (Å²) >= 11 is 0. The number of unbranched alkanes of at least 4 members (excludes halogenated alkanes) is 1. The van der Waals surface area contributed by atoms with Gasteiger partial charge in [-0.3, -0.25) is 9.11 Å². The Bertz CT molecular complexity index is 975. The Balaban J connectivity index is 2.42. The number of allylic oxidation sites excluding steroid dienone is 4. The Hall–Kier alpha value is -1.68. The van der Waals surface area contributed by atoms with Crippen LogP contribution in [0.25, 0.3) is 0 Å². The van der Waals surface area contributed by atoms with E-state index in [9.17, 15) is 21.4 Å². The van der Waals surface area contributed by atoms with Crippen LogP contribution in [-0.2, 0) is 25.7 Å². The Morgan fingerprint density at radius 3 is 2.33 bits per heavy atom. The maximum atomic E-state index is 11.5. The molecule has 2 rings (SSSR count). The van der Waals surface area contributed by atoms with E-state index in [0.29, 0.717) is 19.4 Å². The standard InChI is InChI=1S/C18H25NO6S2/c1-4-5-8-17-18(2,3)15-13-14(27(23,24)25)9-10-16(15)19(17)11-6-7-12-26(20,21)22/h4-5,8-10,13H,6-7,11-12H2,1-3H3,(H,20,21,22)(H,23,24,25)/b5-4?,17-8+. The molecule has 7 nitrogen and oxygen atoms in total. The first-order valence-corrected chi connectivity index (χ1v) is 11.6. The fourth-order valence-corrected chi connectivity index (χ4v) is 4.37. The Morgan fingerprint density at radius 1 is 1.11 bits per heavy atom. The molecular weight excluding hydrogens is 390 g/mol. The molecule has 150 valence electrons. The Labute approximate surface area is 160 Å². The lowest BCUT2D eigenvalue weighted by atomic mass is 9.83. The molecule has 1 aromatic carbocycles. The van der Waals surface area contributed by atoms with E-state index in [1.165, 1.54) is 12.1 Å². The summed E-state index contributed by atoms with van der Waals surface area (Å²) in [4.78, 5) is 1.86. The molecule has 0 fully saturated rings. The molecule has 0 saturated carbocycles. The largest absolute Gasteiger partial charge is 0.344 e. The molecule has 0 amide bonds. The first-order valence-electron chi connectivity index (χ1n) is 8.56. The van der Waals surface area contributed by atoms with Crippen LogP contribution in [-0.4, -0.2) is 38.2 Å². The molecule has 0 saturated heterocycles. The molecule has 9 heteroatoms. The molecule has 0 spiro atoms. The molecule has 2 N–H and O–H groups in total. The minimum atomic E-state index is -4.31. The zero-order chi connectivity index (χ0) is 20.5. The Kier molecular flexibility index (Phi) is 6.20. The first-order chi connectivity index (χ1) is 12.4. The Morgan fingerprint density at radius 2 is 1.78 bits per heavy atom. The highest BCUT2D eigenvalue weighted by Crippen LogP contribution is 2.48. The van der Waals surface area contributed by atoms with Gasteiger partial charge in [-0.15, -0.1) is 0 Å². The molecule has 0 aromatic heterocycles. The van der Waals surface area contributed by atoms with Crippen molar-refractivity contribution < 1.29 is 25.9 Å². The fourth-order valence-electron chi connectivity index (χ4n) is 3.30. The SMILES string of the molecule is CC=C/C=C1/N(CCCCS(=O)(=O)O)c2ccc(S(=O)(=O)O)cc2C1(C)C. The lowest BCUT2D eigenvalue weighted by molar-refractivity contribution is 0.478. The van der Waals surface area contributed by atoms with Gasteiger partial charge in [-0.1, -0.05) is 26.0 Å². The van der Waals surface area contributed by atoms with Crippen LogP contribution < -0.4 is 4.90 Å². The molecule has 1 aliphatic rings. The van der Waals surface area contributed by atoms with Crippen molar-refractivity contribution in [1.29, 1.82) is 0 Å². The zero-order valence-corrected chi connectivity index (χ0v) is 17.2.